The number of hydrogen-bond donors (Lipinski definition) is 0. The molecule has 0 atom stereocenters. The van der Waals surface area contributed by atoms with Crippen molar-refractivity contribution in [2.75, 3.05) is 18.1 Å². The first-order valence-electron chi connectivity index (χ1n) is 12.6. The van der Waals surface area contributed by atoms with E-state index >= 15 is 0 Å². The number of ether oxygens (including phenoxy) is 3. The number of amides is 1. The summed E-state index contributed by atoms with van der Waals surface area (Å²) in [7, 11) is 0. The van der Waals surface area contributed by atoms with E-state index in [-0.39, 0.29) is 25.6 Å². The van der Waals surface area contributed by atoms with Crippen molar-refractivity contribution in [1.82, 2.24) is 4.98 Å². The van der Waals surface area contributed by atoms with Gasteiger partial charge in [0.25, 0.3) is 0 Å². The zero-order valence-corrected chi connectivity index (χ0v) is 23.6. The van der Waals surface area contributed by atoms with Crippen molar-refractivity contribution in [2.24, 2.45) is 0 Å². The van der Waals surface area contributed by atoms with Gasteiger partial charge < -0.3 is 18.6 Å². The molecule has 3 aromatic rings. The Morgan fingerprint density at radius 2 is 1.60 bits per heavy atom. The number of anilines is 1. The highest BCUT2D eigenvalue weighted by Crippen LogP contribution is 2.33. The van der Waals surface area contributed by atoms with Gasteiger partial charge in [0, 0.05) is 11.3 Å². The molecule has 216 valence electrons. The maximum Gasteiger partial charge on any atom is 0.416 e. The molecular weight excluding hydrogens is 529 g/mol. The summed E-state index contributed by atoms with van der Waals surface area (Å²) in [5.41, 5.74) is 1.09. The van der Waals surface area contributed by atoms with E-state index in [0.29, 0.717) is 39.6 Å². The van der Waals surface area contributed by atoms with Crippen LogP contribution in [0.2, 0.25) is 0 Å². The lowest BCUT2D eigenvalue weighted by atomic mass is 10.1. The van der Waals surface area contributed by atoms with Crippen LogP contribution in [-0.2, 0) is 27.0 Å². The van der Waals surface area contributed by atoms with Crippen molar-refractivity contribution in [1.29, 1.82) is 0 Å². The molecule has 0 N–H and O–H groups in total. The first kappa shape index (κ1) is 30.5. The maximum absolute atomic E-state index is 13.3. The monoisotopic (exact) mass is 562 g/mol. The molecule has 1 amide bonds. The third-order valence-corrected chi connectivity index (χ3v) is 5.66. The molecule has 0 aliphatic rings. The predicted octanol–water partition coefficient (Wildman–Crippen LogP) is 7.17. The van der Waals surface area contributed by atoms with E-state index in [1.807, 2.05) is 0 Å². The Kier molecular flexibility index (Phi) is 9.17. The third-order valence-electron chi connectivity index (χ3n) is 5.66. The summed E-state index contributed by atoms with van der Waals surface area (Å²) in [5, 5.41) is 0. The molecule has 0 spiro atoms. The van der Waals surface area contributed by atoms with Gasteiger partial charge in [0.1, 0.15) is 17.1 Å². The molecule has 8 nitrogen and oxygen atoms in total. The molecule has 2 aromatic carbocycles. The average Bonchev–Trinajstić information content (AvgIpc) is 3.20. The molecule has 1 aromatic heterocycles. The summed E-state index contributed by atoms with van der Waals surface area (Å²) in [6.07, 6.45) is -5.10. The zero-order chi connectivity index (χ0) is 29.8. The normalized spacial score (nSPS) is 11.8. The Hall–Kier alpha value is -4.02. The first-order chi connectivity index (χ1) is 18.6. The highest BCUT2D eigenvalue weighted by molar-refractivity contribution is 5.88. The lowest BCUT2D eigenvalue weighted by Crippen LogP contribution is -2.36. The minimum absolute atomic E-state index is 0.0592. The number of aromatic nitrogens is 1. The van der Waals surface area contributed by atoms with Crippen LogP contribution in [0.5, 0.6) is 5.75 Å². The van der Waals surface area contributed by atoms with Crippen LogP contribution in [0, 0.1) is 20.8 Å². The van der Waals surface area contributed by atoms with Crippen molar-refractivity contribution in [3.63, 3.8) is 0 Å². The predicted molar refractivity (Wildman–Crippen MR) is 142 cm³/mol. The number of esters is 1. The number of halogens is 3. The van der Waals surface area contributed by atoms with E-state index in [9.17, 15) is 22.8 Å². The fraction of sp³-hybridized carbons (Fsp3) is 0.414. The number of oxazole rings is 1. The number of hydrogen-bond acceptors (Lipinski definition) is 7. The highest BCUT2D eigenvalue weighted by atomic mass is 19.4. The van der Waals surface area contributed by atoms with Crippen molar-refractivity contribution >= 4 is 17.7 Å². The number of rotatable bonds is 8. The first-order valence-corrected chi connectivity index (χ1v) is 12.6. The molecule has 0 radical (unpaired) electrons. The van der Waals surface area contributed by atoms with Crippen LogP contribution in [0.3, 0.4) is 0 Å². The molecular formula is C29H33F3N2O6. The van der Waals surface area contributed by atoms with Crippen LogP contribution in [0.15, 0.2) is 40.8 Å². The van der Waals surface area contributed by atoms with Gasteiger partial charge in [-0.15, -0.1) is 0 Å². The van der Waals surface area contributed by atoms with Crippen molar-refractivity contribution < 1.29 is 41.4 Å². The Bertz CT molecular complexity index is 1330. The topological polar surface area (TPSA) is 91.1 Å². The summed E-state index contributed by atoms with van der Waals surface area (Å²) in [4.78, 5) is 30.8. The van der Waals surface area contributed by atoms with Crippen LogP contribution in [0.1, 0.15) is 55.8 Å². The number of carbonyl (C=O) groups is 2. The Labute approximate surface area is 231 Å². The van der Waals surface area contributed by atoms with E-state index in [1.165, 1.54) is 17.0 Å². The van der Waals surface area contributed by atoms with Crippen LogP contribution >= 0.6 is 0 Å². The summed E-state index contributed by atoms with van der Waals surface area (Å²) >= 11 is 0. The SMILES string of the molecule is CCOC(=O)COc1c(C)cc(N(Cc2oc(-c3ccc(C(F)(F)F)cc3)nc2C)C(=O)OC(C)(C)C)cc1C. The van der Waals surface area contributed by atoms with Gasteiger partial charge in [-0.1, -0.05) is 0 Å². The average molecular weight is 563 g/mol. The largest absolute Gasteiger partial charge is 0.481 e. The van der Waals surface area contributed by atoms with Gasteiger partial charge in [-0.05, 0) is 96.0 Å². The minimum Gasteiger partial charge on any atom is -0.481 e. The Balaban J connectivity index is 1.94. The van der Waals surface area contributed by atoms with E-state index in [4.69, 9.17) is 18.6 Å². The fourth-order valence-electron chi connectivity index (χ4n) is 3.87. The Morgan fingerprint density at radius 3 is 2.12 bits per heavy atom. The summed E-state index contributed by atoms with van der Waals surface area (Å²) in [6.45, 7) is 12.1. The van der Waals surface area contributed by atoms with E-state index in [1.54, 1.807) is 60.6 Å². The molecule has 40 heavy (non-hydrogen) atoms. The van der Waals surface area contributed by atoms with Crippen molar-refractivity contribution in [3.8, 4) is 17.2 Å². The maximum atomic E-state index is 13.3. The van der Waals surface area contributed by atoms with E-state index in [0.717, 1.165) is 12.1 Å². The van der Waals surface area contributed by atoms with Crippen LogP contribution in [-0.4, -0.2) is 35.9 Å². The summed E-state index contributed by atoms with van der Waals surface area (Å²) < 4.78 is 61.0. The van der Waals surface area contributed by atoms with Crippen molar-refractivity contribution in [2.45, 2.75) is 66.8 Å². The molecule has 11 heteroatoms. The molecule has 0 aliphatic heterocycles. The number of carbonyl (C=O) groups excluding carboxylic acids is 2. The quantitative estimate of drug-likeness (QED) is 0.269. The lowest BCUT2D eigenvalue weighted by Gasteiger charge is -2.28. The minimum atomic E-state index is -4.46. The van der Waals surface area contributed by atoms with Gasteiger partial charge in [-0.25, -0.2) is 14.6 Å². The van der Waals surface area contributed by atoms with Crippen LogP contribution < -0.4 is 9.64 Å². The third kappa shape index (κ3) is 7.77. The molecule has 0 fully saturated rings. The van der Waals surface area contributed by atoms with Gasteiger partial charge in [0.2, 0.25) is 5.89 Å². The van der Waals surface area contributed by atoms with Gasteiger partial charge >= 0.3 is 18.2 Å². The second-order valence-electron chi connectivity index (χ2n) is 10.2. The molecule has 0 unspecified atom stereocenters. The van der Waals surface area contributed by atoms with Gasteiger partial charge in [-0.2, -0.15) is 13.2 Å². The molecule has 0 bridgehead atoms. The van der Waals surface area contributed by atoms with Crippen molar-refractivity contribution in [3.05, 3.63) is 64.5 Å². The zero-order valence-electron chi connectivity index (χ0n) is 23.6. The van der Waals surface area contributed by atoms with Crippen LogP contribution in [0.4, 0.5) is 23.7 Å². The van der Waals surface area contributed by atoms with Crippen LogP contribution in [0.25, 0.3) is 11.5 Å². The molecule has 0 saturated carbocycles. The van der Waals surface area contributed by atoms with Gasteiger partial charge in [-0.3, -0.25) is 4.90 Å². The second-order valence-corrected chi connectivity index (χ2v) is 10.2. The van der Waals surface area contributed by atoms with E-state index in [2.05, 4.69) is 4.98 Å². The van der Waals surface area contributed by atoms with Gasteiger partial charge in [0.05, 0.1) is 24.4 Å². The number of nitrogens with zero attached hydrogens (tertiary/aromatic N) is 2. The summed E-state index contributed by atoms with van der Waals surface area (Å²) in [5.74, 6) is 0.450. The smallest absolute Gasteiger partial charge is 0.416 e. The second kappa shape index (κ2) is 12.0. The summed E-state index contributed by atoms with van der Waals surface area (Å²) in [6, 6.07) is 7.92. The van der Waals surface area contributed by atoms with Gasteiger partial charge in [0.15, 0.2) is 6.61 Å². The number of alkyl halides is 3. The molecule has 3 rings (SSSR count). The fourth-order valence-corrected chi connectivity index (χ4v) is 3.87. The standard InChI is InChI=1S/C29H33F3N2O6/c1-8-37-24(35)16-38-25-17(2)13-22(14-18(25)3)34(27(36)40-28(5,6)7)15-23-19(4)33-26(39-23)20-9-11-21(12-10-20)29(30,31)32/h9-14H,8,15-16H2,1-7H3. The lowest BCUT2D eigenvalue weighted by molar-refractivity contribution is -0.145. The van der Waals surface area contributed by atoms with E-state index < -0.39 is 29.4 Å². The molecule has 1 heterocycles. The number of aryl methyl sites for hydroxylation is 3. The highest BCUT2D eigenvalue weighted by Gasteiger charge is 2.31. The molecule has 0 saturated heterocycles. The molecule has 0 aliphatic carbocycles. The number of benzene rings is 2. The Morgan fingerprint density at radius 1 is 1.00 bits per heavy atom.